The number of hydrogen-bond donors (Lipinski definition) is 3. The highest BCUT2D eigenvalue weighted by atomic mass is 16.5. The number of nitrogens with zero attached hydrogens (tertiary/aromatic N) is 1. The van der Waals surface area contributed by atoms with Crippen LogP contribution in [0.2, 0.25) is 0 Å². The first-order valence-corrected chi connectivity index (χ1v) is 8.74. The second kappa shape index (κ2) is 8.60. The zero-order valence-electron chi connectivity index (χ0n) is 15.3. The number of amides is 1. The van der Waals surface area contributed by atoms with Gasteiger partial charge in [0.15, 0.2) is 0 Å². The Kier molecular flexibility index (Phi) is 5.78. The van der Waals surface area contributed by atoms with Gasteiger partial charge in [-0.2, -0.15) is 5.26 Å². The van der Waals surface area contributed by atoms with E-state index in [1.54, 1.807) is 54.6 Å². The highest BCUT2D eigenvalue weighted by Gasteiger charge is 2.10. The molecule has 3 aromatic rings. The molecule has 3 rings (SSSR count). The molecular weight excluding hydrogens is 354 g/mol. The zero-order chi connectivity index (χ0) is 19.9. The molecule has 3 N–H and O–H groups in total. The van der Waals surface area contributed by atoms with Crippen molar-refractivity contribution in [1.29, 1.82) is 5.26 Å². The van der Waals surface area contributed by atoms with Crippen molar-refractivity contribution < 1.29 is 14.6 Å². The van der Waals surface area contributed by atoms with Gasteiger partial charge < -0.3 is 20.5 Å². The van der Waals surface area contributed by atoms with Gasteiger partial charge in [0, 0.05) is 28.3 Å². The number of rotatable bonds is 6. The molecule has 3 aromatic carbocycles. The van der Waals surface area contributed by atoms with Crippen molar-refractivity contribution >= 4 is 28.1 Å². The SMILES string of the molecule is CCOc1ccc(NC(=O)/C(C#N)=C\Nc2cccc3c(O)cccc23)cc1. The van der Waals surface area contributed by atoms with Crippen molar-refractivity contribution in [2.75, 3.05) is 17.2 Å². The van der Waals surface area contributed by atoms with Crippen LogP contribution in [-0.4, -0.2) is 17.6 Å². The number of fused-ring (bicyclic) bond motifs is 1. The number of aromatic hydroxyl groups is 1. The van der Waals surface area contributed by atoms with E-state index in [1.165, 1.54) is 6.20 Å². The van der Waals surface area contributed by atoms with E-state index in [4.69, 9.17) is 4.74 Å². The molecule has 0 aromatic heterocycles. The number of nitrogens with one attached hydrogen (secondary N) is 2. The van der Waals surface area contributed by atoms with Crippen LogP contribution in [0.1, 0.15) is 6.92 Å². The molecule has 0 aliphatic rings. The van der Waals surface area contributed by atoms with Gasteiger partial charge in [0.2, 0.25) is 0 Å². The number of carbonyl (C=O) groups is 1. The van der Waals surface area contributed by atoms with Crippen LogP contribution in [0.5, 0.6) is 11.5 Å². The molecule has 0 atom stereocenters. The quantitative estimate of drug-likeness (QED) is 0.440. The van der Waals surface area contributed by atoms with Gasteiger partial charge in [-0.15, -0.1) is 0 Å². The number of benzene rings is 3. The van der Waals surface area contributed by atoms with Gasteiger partial charge in [-0.25, -0.2) is 0 Å². The summed E-state index contributed by atoms with van der Waals surface area (Å²) in [6, 6.07) is 19.4. The normalized spacial score (nSPS) is 10.9. The Hall–Kier alpha value is -3.98. The van der Waals surface area contributed by atoms with Crippen molar-refractivity contribution in [3.63, 3.8) is 0 Å². The third-order valence-corrected chi connectivity index (χ3v) is 4.06. The molecule has 0 spiro atoms. The number of phenolic OH excluding ortho intramolecular Hbond substituents is 1. The molecule has 0 heterocycles. The maximum atomic E-state index is 12.4. The minimum Gasteiger partial charge on any atom is -0.507 e. The Labute approximate surface area is 162 Å². The molecule has 0 aliphatic heterocycles. The fourth-order valence-electron chi connectivity index (χ4n) is 2.72. The number of anilines is 2. The first kappa shape index (κ1) is 18.8. The summed E-state index contributed by atoms with van der Waals surface area (Å²) in [4.78, 5) is 12.4. The summed E-state index contributed by atoms with van der Waals surface area (Å²) in [6.45, 7) is 2.45. The molecule has 6 nitrogen and oxygen atoms in total. The Morgan fingerprint density at radius 1 is 1.11 bits per heavy atom. The van der Waals surface area contributed by atoms with E-state index < -0.39 is 5.91 Å². The molecule has 1 amide bonds. The van der Waals surface area contributed by atoms with Crippen molar-refractivity contribution in [3.8, 4) is 17.6 Å². The first-order chi connectivity index (χ1) is 13.6. The lowest BCUT2D eigenvalue weighted by Crippen LogP contribution is -2.14. The summed E-state index contributed by atoms with van der Waals surface area (Å²) < 4.78 is 5.36. The minimum atomic E-state index is -0.526. The van der Waals surface area contributed by atoms with Crippen molar-refractivity contribution in [2.24, 2.45) is 0 Å². The van der Waals surface area contributed by atoms with E-state index in [1.807, 2.05) is 19.1 Å². The van der Waals surface area contributed by atoms with Crippen LogP contribution in [0.4, 0.5) is 11.4 Å². The lowest BCUT2D eigenvalue weighted by molar-refractivity contribution is -0.112. The summed E-state index contributed by atoms with van der Waals surface area (Å²) in [5.41, 5.74) is 1.16. The van der Waals surface area contributed by atoms with Crippen LogP contribution >= 0.6 is 0 Å². The first-order valence-electron chi connectivity index (χ1n) is 8.74. The van der Waals surface area contributed by atoms with E-state index in [2.05, 4.69) is 10.6 Å². The highest BCUT2D eigenvalue weighted by molar-refractivity contribution is 6.07. The number of hydrogen-bond acceptors (Lipinski definition) is 5. The second-order valence-electron chi connectivity index (χ2n) is 5.90. The summed E-state index contributed by atoms with van der Waals surface area (Å²) in [6.07, 6.45) is 1.35. The van der Waals surface area contributed by atoms with Gasteiger partial charge in [0.05, 0.1) is 6.61 Å². The average Bonchev–Trinajstić information content (AvgIpc) is 2.71. The van der Waals surface area contributed by atoms with Gasteiger partial charge in [-0.1, -0.05) is 24.3 Å². The molecule has 0 radical (unpaired) electrons. The smallest absolute Gasteiger partial charge is 0.267 e. The Morgan fingerprint density at radius 2 is 1.82 bits per heavy atom. The van der Waals surface area contributed by atoms with Crippen LogP contribution in [0.15, 0.2) is 72.4 Å². The molecule has 28 heavy (non-hydrogen) atoms. The van der Waals surface area contributed by atoms with Crippen LogP contribution in [0.3, 0.4) is 0 Å². The molecule has 0 saturated heterocycles. The predicted molar refractivity (Wildman–Crippen MR) is 109 cm³/mol. The maximum absolute atomic E-state index is 12.4. The van der Waals surface area contributed by atoms with E-state index in [0.29, 0.717) is 29.1 Å². The molecule has 0 aliphatic carbocycles. The molecule has 0 saturated carbocycles. The molecule has 0 fully saturated rings. The molecular formula is C22H19N3O3. The highest BCUT2D eigenvalue weighted by Crippen LogP contribution is 2.29. The summed E-state index contributed by atoms with van der Waals surface area (Å²) in [5.74, 6) is 0.346. The molecule has 140 valence electrons. The number of phenols is 1. The van der Waals surface area contributed by atoms with Gasteiger partial charge in [-0.05, 0) is 43.3 Å². The summed E-state index contributed by atoms with van der Waals surface area (Å²) in [5, 5.41) is 26.4. The number of carbonyl (C=O) groups excluding carboxylic acids is 1. The topological polar surface area (TPSA) is 94.4 Å². The largest absolute Gasteiger partial charge is 0.507 e. The van der Waals surface area contributed by atoms with Crippen LogP contribution in [0.25, 0.3) is 10.8 Å². The Bertz CT molecular complexity index is 1070. The lowest BCUT2D eigenvalue weighted by Gasteiger charge is -2.09. The fourth-order valence-corrected chi connectivity index (χ4v) is 2.72. The number of nitriles is 1. The van der Waals surface area contributed by atoms with Crippen molar-refractivity contribution in [3.05, 3.63) is 72.4 Å². The number of ether oxygens (including phenoxy) is 1. The van der Waals surface area contributed by atoms with Gasteiger partial charge in [0.1, 0.15) is 23.1 Å². The summed E-state index contributed by atoms with van der Waals surface area (Å²) in [7, 11) is 0. The third kappa shape index (κ3) is 4.22. The van der Waals surface area contributed by atoms with E-state index >= 15 is 0 Å². The second-order valence-corrected chi connectivity index (χ2v) is 5.90. The molecule has 0 bridgehead atoms. The van der Waals surface area contributed by atoms with Crippen LogP contribution < -0.4 is 15.4 Å². The molecule has 6 heteroatoms. The van der Waals surface area contributed by atoms with Gasteiger partial charge in [0.25, 0.3) is 5.91 Å². The van der Waals surface area contributed by atoms with Crippen LogP contribution in [-0.2, 0) is 4.79 Å². The van der Waals surface area contributed by atoms with Gasteiger partial charge in [-0.3, -0.25) is 4.79 Å². The predicted octanol–water partition coefficient (Wildman–Crippen LogP) is 4.40. The fraction of sp³-hybridized carbons (Fsp3) is 0.0909. The summed E-state index contributed by atoms with van der Waals surface area (Å²) >= 11 is 0. The Balaban J connectivity index is 1.76. The van der Waals surface area contributed by atoms with E-state index in [0.717, 1.165) is 5.39 Å². The van der Waals surface area contributed by atoms with Crippen molar-refractivity contribution in [1.82, 2.24) is 0 Å². The van der Waals surface area contributed by atoms with E-state index in [-0.39, 0.29) is 11.3 Å². The van der Waals surface area contributed by atoms with E-state index in [9.17, 15) is 15.2 Å². The minimum absolute atomic E-state index is 0.0777. The molecule has 0 unspecified atom stereocenters. The third-order valence-electron chi connectivity index (χ3n) is 4.06. The lowest BCUT2D eigenvalue weighted by atomic mass is 10.1. The zero-order valence-corrected chi connectivity index (χ0v) is 15.3. The van der Waals surface area contributed by atoms with Crippen LogP contribution in [0, 0.1) is 11.3 Å². The van der Waals surface area contributed by atoms with Gasteiger partial charge >= 0.3 is 0 Å². The average molecular weight is 373 g/mol. The maximum Gasteiger partial charge on any atom is 0.267 e. The standard InChI is InChI=1S/C22H19N3O3/c1-2-28-17-11-9-16(10-12-17)25-22(27)15(13-23)14-24-20-7-3-6-19-18(20)5-4-8-21(19)26/h3-12,14,24,26H,2H2,1H3,(H,25,27)/b15-14-. The van der Waals surface area contributed by atoms with Crippen molar-refractivity contribution in [2.45, 2.75) is 6.92 Å². The Morgan fingerprint density at radius 3 is 2.54 bits per heavy atom. The monoisotopic (exact) mass is 373 g/mol.